The van der Waals surface area contributed by atoms with Crippen LogP contribution in [0.5, 0.6) is 5.75 Å². The van der Waals surface area contributed by atoms with Gasteiger partial charge in [-0.25, -0.2) is 4.79 Å². The van der Waals surface area contributed by atoms with Crippen molar-refractivity contribution < 1.29 is 9.53 Å². The minimum Gasteiger partial charge on any atom is -0.423 e. The Hall–Kier alpha value is -2.84. The lowest BCUT2D eigenvalue weighted by atomic mass is 10.1. The van der Waals surface area contributed by atoms with Crippen LogP contribution < -0.4 is 4.74 Å². The molecule has 0 spiro atoms. The topological polar surface area (TPSA) is 26.3 Å². The summed E-state index contributed by atoms with van der Waals surface area (Å²) in [4.78, 5) is 11.9. The van der Waals surface area contributed by atoms with Crippen molar-refractivity contribution in [1.82, 2.24) is 0 Å². The smallest absolute Gasteiger partial charge is 0.336 e. The Morgan fingerprint density at radius 1 is 0.792 bits per heavy atom. The van der Waals surface area contributed by atoms with Crippen molar-refractivity contribution in [2.75, 3.05) is 0 Å². The maximum atomic E-state index is 11.9. The number of benzene rings is 3. The van der Waals surface area contributed by atoms with Gasteiger partial charge < -0.3 is 4.74 Å². The number of esters is 1. The molecular weight excluding hydrogens is 320 g/mol. The molecule has 0 atom stereocenters. The van der Waals surface area contributed by atoms with E-state index in [-0.39, 0.29) is 0 Å². The number of carbonyl (C=O) groups is 1. The van der Waals surface area contributed by atoms with E-state index in [4.69, 9.17) is 16.3 Å². The highest BCUT2D eigenvalue weighted by atomic mass is 35.5. The molecule has 0 aliphatic rings. The van der Waals surface area contributed by atoms with E-state index in [2.05, 4.69) is 0 Å². The molecule has 0 N–H and O–H groups in total. The maximum Gasteiger partial charge on any atom is 0.336 e. The van der Waals surface area contributed by atoms with Crippen molar-refractivity contribution in [3.05, 3.63) is 95.5 Å². The summed E-state index contributed by atoms with van der Waals surface area (Å²) in [5.41, 5.74) is 3.08. The molecular formula is C21H15ClO2. The van der Waals surface area contributed by atoms with Crippen LogP contribution in [0.2, 0.25) is 5.02 Å². The lowest BCUT2D eigenvalue weighted by Crippen LogP contribution is -2.03. The summed E-state index contributed by atoms with van der Waals surface area (Å²) < 4.78 is 5.30. The molecule has 3 aromatic carbocycles. The predicted octanol–water partition coefficient (Wildman–Crippen LogP) is 5.63. The number of halogens is 1. The van der Waals surface area contributed by atoms with Crippen LogP contribution in [0.3, 0.4) is 0 Å². The Kier molecular flexibility index (Phi) is 5.09. The van der Waals surface area contributed by atoms with Crippen LogP contribution in [0.4, 0.5) is 0 Å². The van der Waals surface area contributed by atoms with E-state index in [1.165, 1.54) is 6.08 Å². The quantitative estimate of drug-likeness (QED) is 0.351. The van der Waals surface area contributed by atoms with Gasteiger partial charge in [0, 0.05) is 11.1 Å². The molecule has 3 aromatic rings. The largest absolute Gasteiger partial charge is 0.423 e. The molecule has 0 unspecified atom stereocenters. The zero-order valence-corrected chi connectivity index (χ0v) is 13.6. The van der Waals surface area contributed by atoms with Gasteiger partial charge >= 0.3 is 5.97 Å². The van der Waals surface area contributed by atoms with Crippen LogP contribution in [-0.2, 0) is 4.79 Å². The summed E-state index contributed by atoms with van der Waals surface area (Å²) in [6, 6.07) is 24.7. The van der Waals surface area contributed by atoms with E-state index in [0.717, 1.165) is 16.7 Å². The molecule has 0 heterocycles. The molecule has 3 heteroatoms. The third-order valence-electron chi connectivity index (χ3n) is 3.46. The van der Waals surface area contributed by atoms with Gasteiger partial charge in [-0.2, -0.15) is 0 Å². The van der Waals surface area contributed by atoms with Gasteiger partial charge in [0.05, 0.1) is 0 Å². The summed E-state index contributed by atoms with van der Waals surface area (Å²) in [5.74, 6) is 0.0952. The van der Waals surface area contributed by atoms with Crippen molar-refractivity contribution in [3.8, 4) is 16.9 Å². The first kappa shape index (κ1) is 16.0. The number of ether oxygens (including phenoxy) is 1. The molecule has 0 amide bonds. The van der Waals surface area contributed by atoms with Crippen LogP contribution in [0.15, 0.2) is 84.9 Å². The molecule has 0 bridgehead atoms. The second-order valence-electron chi connectivity index (χ2n) is 5.20. The Bertz CT molecular complexity index is 835. The van der Waals surface area contributed by atoms with E-state index < -0.39 is 5.97 Å². The lowest BCUT2D eigenvalue weighted by molar-refractivity contribution is -0.128. The summed E-state index contributed by atoms with van der Waals surface area (Å²) in [5, 5.41) is 0.660. The number of rotatable bonds is 4. The first-order valence-corrected chi connectivity index (χ1v) is 7.89. The third kappa shape index (κ3) is 4.34. The average Bonchev–Trinajstić information content (AvgIpc) is 2.63. The van der Waals surface area contributed by atoms with Gasteiger partial charge in [0.2, 0.25) is 0 Å². The van der Waals surface area contributed by atoms with Crippen LogP contribution in [-0.4, -0.2) is 5.97 Å². The van der Waals surface area contributed by atoms with Gasteiger partial charge in [-0.05, 0) is 47.0 Å². The molecule has 118 valence electrons. The van der Waals surface area contributed by atoms with E-state index in [0.29, 0.717) is 10.8 Å². The SMILES string of the molecule is O=C(/C=C/c1ccc(Cl)cc1)Oc1ccc(-c2ccccc2)cc1. The Labute approximate surface area is 146 Å². The highest BCUT2D eigenvalue weighted by Crippen LogP contribution is 2.22. The predicted molar refractivity (Wildman–Crippen MR) is 98.0 cm³/mol. The van der Waals surface area contributed by atoms with Crippen molar-refractivity contribution in [2.45, 2.75) is 0 Å². The zero-order valence-electron chi connectivity index (χ0n) is 12.9. The van der Waals surface area contributed by atoms with Gasteiger partial charge in [0.25, 0.3) is 0 Å². The second-order valence-corrected chi connectivity index (χ2v) is 5.63. The third-order valence-corrected chi connectivity index (χ3v) is 3.71. The summed E-state index contributed by atoms with van der Waals surface area (Å²) in [6.07, 6.45) is 3.09. The van der Waals surface area contributed by atoms with Crippen molar-refractivity contribution in [1.29, 1.82) is 0 Å². The Balaban J connectivity index is 1.63. The molecule has 24 heavy (non-hydrogen) atoms. The summed E-state index contributed by atoms with van der Waals surface area (Å²) in [7, 11) is 0. The van der Waals surface area contributed by atoms with E-state index in [1.807, 2.05) is 54.6 Å². The molecule has 2 nitrogen and oxygen atoms in total. The minimum absolute atomic E-state index is 0.419. The maximum absolute atomic E-state index is 11.9. The minimum atomic E-state index is -0.419. The number of hydrogen-bond acceptors (Lipinski definition) is 2. The summed E-state index contributed by atoms with van der Waals surface area (Å²) >= 11 is 5.82. The van der Waals surface area contributed by atoms with Gasteiger partial charge in [-0.1, -0.05) is 66.2 Å². The second kappa shape index (κ2) is 7.62. The van der Waals surface area contributed by atoms with Gasteiger partial charge in [-0.3, -0.25) is 0 Å². The molecule has 0 radical (unpaired) electrons. The average molecular weight is 335 g/mol. The van der Waals surface area contributed by atoms with E-state index in [9.17, 15) is 4.79 Å². The monoisotopic (exact) mass is 334 g/mol. The lowest BCUT2D eigenvalue weighted by Gasteiger charge is -2.04. The number of carbonyl (C=O) groups excluding carboxylic acids is 1. The molecule has 0 aromatic heterocycles. The van der Waals surface area contributed by atoms with Crippen LogP contribution in [0, 0.1) is 0 Å². The van der Waals surface area contributed by atoms with Gasteiger partial charge in [0.1, 0.15) is 5.75 Å². The molecule has 0 aliphatic heterocycles. The molecule has 0 saturated carbocycles. The number of hydrogen-bond donors (Lipinski definition) is 0. The fourth-order valence-electron chi connectivity index (χ4n) is 2.23. The van der Waals surface area contributed by atoms with Gasteiger partial charge in [-0.15, -0.1) is 0 Å². The van der Waals surface area contributed by atoms with Crippen LogP contribution in [0.25, 0.3) is 17.2 Å². The molecule has 0 aliphatic carbocycles. The summed E-state index contributed by atoms with van der Waals surface area (Å²) in [6.45, 7) is 0. The van der Waals surface area contributed by atoms with Crippen molar-refractivity contribution in [3.63, 3.8) is 0 Å². The molecule has 0 saturated heterocycles. The van der Waals surface area contributed by atoms with Crippen LogP contribution in [0.1, 0.15) is 5.56 Å². The molecule has 3 rings (SSSR count). The van der Waals surface area contributed by atoms with E-state index >= 15 is 0 Å². The fraction of sp³-hybridized carbons (Fsp3) is 0. The van der Waals surface area contributed by atoms with E-state index in [1.54, 1.807) is 30.3 Å². The van der Waals surface area contributed by atoms with Crippen LogP contribution >= 0.6 is 11.6 Å². The zero-order chi connectivity index (χ0) is 16.8. The highest BCUT2D eigenvalue weighted by Gasteiger charge is 2.02. The van der Waals surface area contributed by atoms with Crippen molar-refractivity contribution in [2.24, 2.45) is 0 Å². The normalized spacial score (nSPS) is 10.7. The first-order chi connectivity index (χ1) is 11.7. The highest BCUT2D eigenvalue weighted by molar-refractivity contribution is 6.30. The van der Waals surface area contributed by atoms with Crippen molar-refractivity contribution >= 4 is 23.6 Å². The standard InChI is InChI=1S/C21H15ClO2/c22-19-11-6-16(7-12-19)8-15-21(23)24-20-13-9-18(10-14-20)17-4-2-1-3-5-17/h1-15H/b15-8+. The fourth-order valence-corrected chi connectivity index (χ4v) is 2.36. The Morgan fingerprint density at radius 2 is 1.42 bits per heavy atom. The first-order valence-electron chi connectivity index (χ1n) is 7.52. The van der Waals surface area contributed by atoms with Gasteiger partial charge in [0.15, 0.2) is 0 Å². The molecule has 0 fully saturated rings. The Morgan fingerprint density at radius 3 is 2.08 bits per heavy atom.